The molecule has 1 aromatic carbocycles. The number of H-pyrrole nitrogens is 1. The van der Waals surface area contributed by atoms with Gasteiger partial charge in [0, 0.05) is 11.8 Å². The van der Waals surface area contributed by atoms with Crippen molar-refractivity contribution in [3.63, 3.8) is 0 Å². The molecule has 0 amide bonds. The van der Waals surface area contributed by atoms with E-state index in [-0.39, 0.29) is 17.3 Å². The smallest absolute Gasteiger partial charge is 0.252 e. The highest BCUT2D eigenvalue weighted by Gasteiger charge is 1.98. The number of anilines is 1. The van der Waals surface area contributed by atoms with Crippen molar-refractivity contribution >= 4 is 28.1 Å². The molecular formula is C12H10BrFN4O. The summed E-state index contributed by atoms with van der Waals surface area (Å²) in [5.41, 5.74) is 3.64. The molecule has 0 unspecified atom stereocenters. The zero-order valence-corrected chi connectivity index (χ0v) is 11.5. The molecule has 2 rings (SSSR count). The lowest BCUT2D eigenvalue weighted by atomic mass is 10.2. The molecule has 2 N–H and O–H groups in total. The van der Waals surface area contributed by atoms with E-state index < -0.39 is 0 Å². The molecule has 0 radical (unpaired) electrons. The molecule has 0 fully saturated rings. The van der Waals surface area contributed by atoms with E-state index in [1.807, 2.05) is 0 Å². The van der Waals surface area contributed by atoms with E-state index in [9.17, 15) is 9.18 Å². The number of rotatable bonds is 3. The first-order chi connectivity index (χ1) is 9.04. The lowest BCUT2D eigenvalue weighted by Crippen LogP contribution is -2.10. The van der Waals surface area contributed by atoms with Crippen LogP contribution in [0, 0.1) is 12.7 Å². The van der Waals surface area contributed by atoms with Gasteiger partial charge in [0.05, 0.1) is 10.7 Å². The van der Waals surface area contributed by atoms with Gasteiger partial charge in [-0.1, -0.05) is 6.07 Å². The van der Waals surface area contributed by atoms with Crippen LogP contribution in [-0.2, 0) is 0 Å². The second kappa shape index (κ2) is 5.75. The third kappa shape index (κ3) is 3.72. The number of benzene rings is 1. The van der Waals surface area contributed by atoms with Crippen LogP contribution in [0.3, 0.4) is 0 Å². The maximum atomic E-state index is 13.0. The first-order valence-electron chi connectivity index (χ1n) is 5.37. The molecule has 0 saturated carbocycles. The van der Waals surface area contributed by atoms with E-state index in [4.69, 9.17) is 0 Å². The Morgan fingerprint density at radius 1 is 1.47 bits per heavy atom. The summed E-state index contributed by atoms with van der Waals surface area (Å²) in [5, 5.41) is 3.91. The van der Waals surface area contributed by atoms with Crippen LogP contribution in [0.15, 0.2) is 38.6 Å². The first kappa shape index (κ1) is 13.4. The average molecular weight is 325 g/mol. The summed E-state index contributed by atoms with van der Waals surface area (Å²) >= 11 is 3.09. The minimum atomic E-state index is -0.338. The molecule has 0 aliphatic carbocycles. The zero-order chi connectivity index (χ0) is 13.8. The van der Waals surface area contributed by atoms with E-state index in [0.717, 1.165) is 0 Å². The Labute approximate surface area is 116 Å². The summed E-state index contributed by atoms with van der Waals surface area (Å²) in [6.07, 6.45) is 1.49. The second-order valence-corrected chi connectivity index (χ2v) is 4.63. The predicted octanol–water partition coefficient (Wildman–Crippen LogP) is 2.43. The summed E-state index contributed by atoms with van der Waals surface area (Å²) in [7, 11) is 0. The molecule has 1 aromatic heterocycles. The highest BCUT2D eigenvalue weighted by molar-refractivity contribution is 9.10. The second-order valence-electron chi connectivity index (χ2n) is 3.78. The van der Waals surface area contributed by atoms with Gasteiger partial charge in [-0.25, -0.2) is 14.8 Å². The number of aryl methyl sites for hydroxylation is 1. The number of hydrogen-bond donors (Lipinski definition) is 2. The van der Waals surface area contributed by atoms with Gasteiger partial charge in [0.2, 0.25) is 5.95 Å². The fourth-order valence-corrected chi connectivity index (χ4v) is 1.79. The summed E-state index contributed by atoms with van der Waals surface area (Å²) < 4.78 is 13.4. The van der Waals surface area contributed by atoms with Gasteiger partial charge in [0.1, 0.15) is 5.82 Å². The molecule has 0 spiro atoms. The first-order valence-corrected chi connectivity index (χ1v) is 6.16. The highest BCUT2D eigenvalue weighted by atomic mass is 79.9. The molecule has 98 valence electrons. The monoisotopic (exact) mass is 324 g/mol. The number of hydrazone groups is 1. The molecule has 0 saturated heterocycles. The molecule has 2 aromatic rings. The van der Waals surface area contributed by atoms with Crippen molar-refractivity contribution in [2.75, 3.05) is 5.43 Å². The Balaban J connectivity index is 2.11. The Hall–Kier alpha value is -2.02. The van der Waals surface area contributed by atoms with Crippen LogP contribution in [0.2, 0.25) is 0 Å². The lowest BCUT2D eigenvalue weighted by Gasteiger charge is -2.00. The zero-order valence-electron chi connectivity index (χ0n) is 9.95. The Kier molecular flexibility index (Phi) is 4.06. The number of nitrogens with one attached hydrogen (secondary N) is 2. The third-order valence-electron chi connectivity index (χ3n) is 2.20. The Morgan fingerprint density at radius 3 is 2.95 bits per heavy atom. The minimum Gasteiger partial charge on any atom is -0.291 e. The van der Waals surface area contributed by atoms with Gasteiger partial charge in [-0.15, -0.1) is 0 Å². The van der Waals surface area contributed by atoms with Gasteiger partial charge in [-0.2, -0.15) is 5.10 Å². The van der Waals surface area contributed by atoms with Crippen molar-refractivity contribution in [1.82, 2.24) is 9.97 Å². The van der Waals surface area contributed by atoms with E-state index in [1.165, 1.54) is 18.3 Å². The topological polar surface area (TPSA) is 70.1 Å². The molecule has 1 heterocycles. The molecule has 7 heteroatoms. The number of hydrogen-bond acceptors (Lipinski definition) is 4. The summed E-state index contributed by atoms with van der Waals surface area (Å²) in [4.78, 5) is 17.7. The van der Waals surface area contributed by atoms with Gasteiger partial charge in [0.15, 0.2) is 0 Å². The van der Waals surface area contributed by atoms with Gasteiger partial charge in [0.25, 0.3) is 5.56 Å². The quantitative estimate of drug-likeness (QED) is 0.673. The third-order valence-corrected chi connectivity index (χ3v) is 2.81. The van der Waals surface area contributed by atoms with Crippen molar-refractivity contribution in [1.29, 1.82) is 0 Å². The molecule has 0 aliphatic heterocycles. The van der Waals surface area contributed by atoms with Crippen LogP contribution in [0.25, 0.3) is 0 Å². The standard InChI is InChI=1S/C12H10BrFN4O/c1-7-4-11(19)17-12(16-7)18-15-6-8-2-3-10(14)9(13)5-8/h2-6H,1H3,(H2,16,17,18,19)/b15-6-. The van der Waals surface area contributed by atoms with Crippen LogP contribution in [-0.4, -0.2) is 16.2 Å². The predicted molar refractivity (Wildman–Crippen MR) is 74.9 cm³/mol. The summed E-state index contributed by atoms with van der Waals surface area (Å²) in [6, 6.07) is 5.88. The van der Waals surface area contributed by atoms with Crippen LogP contribution in [0.1, 0.15) is 11.3 Å². The van der Waals surface area contributed by atoms with Gasteiger partial charge in [-0.3, -0.25) is 9.78 Å². The van der Waals surface area contributed by atoms with Crippen LogP contribution >= 0.6 is 15.9 Å². The maximum absolute atomic E-state index is 13.0. The van der Waals surface area contributed by atoms with E-state index in [0.29, 0.717) is 15.7 Å². The van der Waals surface area contributed by atoms with Crippen molar-refractivity contribution in [3.05, 3.63) is 56.2 Å². The number of nitrogens with zero attached hydrogens (tertiary/aromatic N) is 2. The van der Waals surface area contributed by atoms with E-state index in [1.54, 1.807) is 19.1 Å². The van der Waals surface area contributed by atoms with Crippen LogP contribution in [0.4, 0.5) is 10.3 Å². The van der Waals surface area contributed by atoms with Crippen molar-refractivity contribution in [2.24, 2.45) is 5.10 Å². The fourth-order valence-electron chi connectivity index (χ4n) is 1.39. The summed E-state index contributed by atoms with van der Waals surface area (Å²) in [5.74, 6) is -0.0859. The number of aromatic nitrogens is 2. The molecule has 19 heavy (non-hydrogen) atoms. The maximum Gasteiger partial charge on any atom is 0.252 e. The lowest BCUT2D eigenvalue weighted by molar-refractivity contribution is 0.621. The van der Waals surface area contributed by atoms with Crippen molar-refractivity contribution < 1.29 is 4.39 Å². The normalized spacial score (nSPS) is 10.9. The molecule has 0 aliphatic rings. The molecular weight excluding hydrogens is 315 g/mol. The minimum absolute atomic E-state index is 0.252. The van der Waals surface area contributed by atoms with Gasteiger partial charge >= 0.3 is 0 Å². The SMILES string of the molecule is Cc1cc(=O)[nH]c(N/N=C\c2ccc(F)c(Br)c2)n1. The number of halogens is 2. The Bertz CT molecular complexity index is 684. The Morgan fingerprint density at radius 2 is 2.26 bits per heavy atom. The van der Waals surface area contributed by atoms with Crippen LogP contribution < -0.4 is 11.0 Å². The summed E-state index contributed by atoms with van der Waals surface area (Å²) in [6.45, 7) is 1.71. The van der Waals surface area contributed by atoms with Crippen molar-refractivity contribution in [2.45, 2.75) is 6.92 Å². The highest BCUT2D eigenvalue weighted by Crippen LogP contribution is 2.15. The van der Waals surface area contributed by atoms with Crippen molar-refractivity contribution in [3.8, 4) is 0 Å². The fraction of sp³-hybridized carbons (Fsp3) is 0.0833. The molecule has 5 nitrogen and oxygen atoms in total. The number of aromatic amines is 1. The van der Waals surface area contributed by atoms with E-state index >= 15 is 0 Å². The van der Waals surface area contributed by atoms with Gasteiger partial charge in [-0.05, 0) is 40.5 Å². The van der Waals surface area contributed by atoms with Gasteiger partial charge < -0.3 is 0 Å². The largest absolute Gasteiger partial charge is 0.291 e. The molecule has 0 atom stereocenters. The average Bonchev–Trinajstić information content (AvgIpc) is 2.32. The van der Waals surface area contributed by atoms with E-state index in [2.05, 4.69) is 36.4 Å². The molecule has 0 bridgehead atoms. The van der Waals surface area contributed by atoms with Crippen LogP contribution in [0.5, 0.6) is 0 Å².